The number of carbonyl (C=O) groups is 1. The molecule has 162 valence electrons. The van der Waals surface area contributed by atoms with Gasteiger partial charge in [-0.2, -0.15) is 5.10 Å². The van der Waals surface area contributed by atoms with E-state index >= 15 is 0 Å². The van der Waals surface area contributed by atoms with Crippen molar-refractivity contribution in [1.29, 1.82) is 0 Å². The summed E-state index contributed by atoms with van der Waals surface area (Å²) >= 11 is 0. The number of nitrogens with one attached hydrogen (secondary N) is 1. The predicted octanol–water partition coefficient (Wildman–Crippen LogP) is 3.12. The maximum absolute atomic E-state index is 13.2. The highest BCUT2D eigenvalue weighted by atomic mass is 16.1. The number of aryl methyl sites for hydroxylation is 2. The molecule has 0 radical (unpaired) electrons. The van der Waals surface area contributed by atoms with Crippen molar-refractivity contribution >= 4 is 23.3 Å². The van der Waals surface area contributed by atoms with E-state index in [0.29, 0.717) is 24.1 Å². The van der Waals surface area contributed by atoms with Gasteiger partial charge in [-0.25, -0.2) is 0 Å². The molecule has 7 heteroatoms. The molecule has 0 aromatic heterocycles. The minimum atomic E-state index is -0.462. The molecule has 0 aliphatic heterocycles. The smallest absolute Gasteiger partial charge is 0.234 e. The Kier molecular flexibility index (Phi) is 9.81. The molecule has 0 saturated heterocycles. The third kappa shape index (κ3) is 9.09. The molecule has 1 amide bonds. The van der Waals surface area contributed by atoms with E-state index < -0.39 is 5.92 Å². The van der Waals surface area contributed by atoms with Crippen LogP contribution in [-0.2, 0) is 4.79 Å². The molecule has 0 fully saturated rings. The first-order chi connectivity index (χ1) is 13.5. The third-order valence-electron chi connectivity index (χ3n) is 4.47. The minimum absolute atomic E-state index is 0.110. The van der Waals surface area contributed by atoms with Crippen LogP contribution in [0, 0.1) is 31.6 Å². The molecule has 1 aromatic rings. The largest absolute Gasteiger partial charge is 0.369 e. The van der Waals surface area contributed by atoms with E-state index in [4.69, 9.17) is 11.5 Å². The fraction of sp³-hybridized carbons (Fsp3) is 0.591. The lowest BCUT2D eigenvalue weighted by atomic mass is 10.00. The van der Waals surface area contributed by atoms with Crippen molar-refractivity contribution in [3.63, 3.8) is 0 Å². The minimum Gasteiger partial charge on any atom is -0.369 e. The van der Waals surface area contributed by atoms with Gasteiger partial charge in [-0.3, -0.25) is 4.79 Å². The van der Waals surface area contributed by atoms with E-state index in [1.54, 1.807) is 6.92 Å². The summed E-state index contributed by atoms with van der Waals surface area (Å²) in [5.74, 6) is 0.287. The lowest BCUT2D eigenvalue weighted by molar-refractivity contribution is -0.118. The molecular weight excluding hydrogens is 364 g/mol. The van der Waals surface area contributed by atoms with Crippen LogP contribution in [0.3, 0.4) is 0 Å². The molecule has 0 heterocycles. The van der Waals surface area contributed by atoms with Crippen molar-refractivity contribution < 1.29 is 4.79 Å². The van der Waals surface area contributed by atoms with Crippen molar-refractivity contribution in [2.45, 2.75) is 48.5 Å². The summed E-state index contributed by atoms with van der Waals surface area (Å²) in [5.41, 5.74) is 14.4. The Bertz CT molecular complexity index is 725. The average molecular weight is 403 g/mol. The molecule has 0 aliphatic rings. The van der Waals surface area contributed by atoms with E-state index in [1.165, 1.54) is 0 Å². The first kappa shape index (κ1) is 24.6. The van der Waals surface area contributed by atoms with Gasteiger partial charge in [0, 0.05) is 25.3 Å². The maximum Gasteiger partial charge on any atom is 0.234 e. The highest BCUT2D eigenvalue weighted by molar-refractivity contribution is 6.09. The number of amides is 1. The van der Waals surface area contributed by atoms with Gasteiger partial charge in [0.2, 0.25) is 11.9 Å². The van der Waals surface area contributed by atoms with Gasteiger partial charge in [0.25, 0.3) is 0 Å². The van der Waals surface area contributed by atoms with Crippen LogP contribution in [0.4, 0.5) is 5.69 Å². The number of guanidine groups is 1. The molecule has 29 heavy (non-hydrogen) atoms. The zero-order valence-electron chi connectivity index (χ0n) is 19.0. The van der Waals surface area contributed by atoms with E-state index in [1.807, 2.05) is 26.0 Å². The molecule has 0 bridgehead atoms. The fourth-order valence-electron chi connectivity index (χ4n) is 3.30. The van der Waals surface area contributed by atoms with Crippen LogP contribution in [0.2, 0.25) is 0 Å². The first-order valence-corrected chi connectivity index (χ1v) is 10.2. The second-order valence-electron chi connectivity index (χ2n) is 8.63. The van der Waals surface area contributed by atoms with Crippen molar-refractivity contribution in [3.05, 3.63) is 29.3 Å². The first-order valence-electron chi connectivity index (χ1n) is 10.2. The molecule has 7 nitrogen and oxygen atoms in total. The number of hydrogen-bond acceptors (Lipinski definition) is 4. The molecule has 1 rings (SSSR count). The van der Waals surface area contributed by atoms with Crippen molar-refractivity contribution in [2.24, 2.45) is 39.4 Å². The molecule has 5 N–H and O–H groups in total. The molecule has 0 unspecified atom stereocenters. The van der Waals surface area contributed by atoms with Gasteiger partial charge >= 0.3 is 0 Å². The SMILES string of the molecule is C/C(=N\N=C(N)N)[C@H](CN(CC(C)C)CC(C)C)C(=O)Nc1ccc(C)cc1C. The normalized spacial score (nSPS) is 13.1. The van der Waals surface area contributed by atoms with E-state index in [-0.39, 0.29) is 11.9 Å². The summed E-state index contributed by atoms with van der Waals surface area (Å²) in [4.78, 5) is 15.5. The van der Waals surface area contributed by atoms with Crippen molar-refractivity contribution in [3.8, 4) is 0 Å². The molecule has 0 spiro atoms. The number of benzene rings is 1. The lowest BCUT2D eigenvalue weighted by Gasteiger charge is -2.29. The standard InChI is InChI=1S/C22H38N6O/c1-14(2)11-28(12-15(3)4)13-19(18(7)26-27-22(23)24)21(29)25-20-9-8-16(5)10-17(20)6/h8-10,14-15,19H,11-13H2,1-7H3,(H,25,29)(H4,23,24,27)/b26-18+/t19-/m0/s1. The summed E-state index contributed by atoms with van der Waals surface area (Å²) in [6, 6.07) is 5.97. The number of nitrogens with two attached hydrogens (primary N) is 2. The van der Waals surface area contributed by atoms with Crippen LogP contribution in [-0.4, -0.2) is 42.1 Å². The third-order valence-corrected chi connectivity index (χ3v) is 4.47. The Labute approximate surface area is 175 Å². The van der Waals surface area contributed by atoms with Crippen LogP contribution < -0.4 is 16.8 Å². The van der Waals surface area contributed by atoms with E-state index in [9.17, 15) is 4.79 Å². The second kappa shape index (κ2) is 11.6. The summed E-state index contributed by atoms with van der Waals surface area (Å²) in [7, 11) is 0. The predicted molar refractivity (Wildman–Crippen MR) is 123 cm³/mol. The second-order valence-corrected chi connectivity index (χ2v) is 8.63. The monoisotopic (exact) mass is 402 g/mol. The van der Waals surface area contributed by atoms with Crippen molar-refractivity contribution in [1.82, 2.24) is 4.90 Å². The highest BCUT2D eigenvalue weighted by Crippen LogP contribution is 2.18. The lowest BCUT2D eigenvalue weighted by Crippen LogP contribution is -2.42. The quantitative estimate of drug-likeness (QED) is 0.317. The van der Waals surface area contributed by atoms with Crippen LogP contribution in [0.25, 0.3) is 0 Å². The highest BCUT2D eigenvalue weighted by Gasteiger charge is 2.26. The summed E-state index contributed by atoms with van der Waals surface area (Å²) in [6.45, 7) is 16.9. The van der Waals surface area contributed by atoms with Gasteiger partial charge in [-0.15, -0.1) is 5.10 Å². The Hall–Kier alpha value is -2.41. The molecule has 1 atom stereocenters. The van der Waals surface area contributed by atoms with Crippen LogP contribution in [0.15, 0.2) is 28.4 Å². The van der Waals surface area contributed by atoms with Gasteiger partial charge in [-0.1, -0.05) is 45.4 Å². The Morgan fingerprint density at radius 2 is 1.62 bits per heavy atom. The van der Waals surface area contributed by atoms with Crippen LogP contribution >= 0.6 is 0 Å². The molecular formula is C22H38N6O. The van der Waals surface area contributed by atoms with Crippen molar-refractivity contribution in [2.75, 3.05) is 25.0 Å². The number of hydrogen-bond donors (Lipinski definition) is 3. The summed E-state index contributed by atoms with van der Waals surface area (Å²) in [5, 5.41) is 10.9. The molecule has 0 saturated carbocycles. The van der Waals surface area contributed by atoms with Gasteiger partial charge in [-0.05, 0) is 44.2 Å². The van der Waals surface area contributed by atoms with Gasteiger partial charge in [0.1, 0.15) is 0 Å². The number of anilines is 1. The van der Waals surface area contributed by atoms with Crippen LogP contribution in [0.5, 0.6) is 0 Å². The fourth-order valence-corrected chi connectivity index (χ4v) is 3.30. The Balaban J connectivity index is 3.15. The maximum atomic E-state index is 13.2. The summed E-state index contributed by atoms with van der Waals surface area (Å²) in [6.07, 6.45) is 0. The number of carbonyl (C=O) groups excluding carboxylic acids is 1. The van der Waals surface area contributed by atoms with E-state index in [2.05, 4.69) is 54.2 Å². The van der Waals surface area contributed by atoms with Gasteiger partial charge in [0.05, 0.1) is 11.6 Å². The number of nitrogens with zero attached hydrogens (tertiary/aromatic N) is 3. The van der Waals surface area contributed by atoms with Gasteiger partial charge in [0.15, 0.2) is 0 Å². The van der Waals surface area contributed by atoms with E-state index in [0.717, 1.165) is 29.9 Å². The zero-order valence-corrected chi connectivity index (χ0v) is 19.0. The van der Waals surface area contributed by atoms with Gasteiger partial charge < -0.3 is 21.7 Å². The number of rotatable bonds is 10. The molecule has 0 aliphatic carbocycles. The van der Waals surface area contributed by atoms with Crippen LogP contribution in [0.1, 0.15) is 45.7 Å². The topological polar surface area (TPSA) is 109 Å². The zero-order chi connectivity index (χ0) is 22.1. The summed E-state index contributed by atoms with van der Waals surface area (Å²) < 4.78 is 0. The Morgan fingerprint density at radius 1 is 1.03 bits per heavy atom. The average Bonchev–Trinajstić information content (AvgIpc) is 2.58. The molecule has 1 aromatic carbocycles. The Morgan fingerprint density at radius 3 is 2.10 bits per heavy atom.